The summed E-state index contributed by atoms with van der Waals surface area (Å²) in [5.41, 5.74) is 26.1. The lowest BCUT2D eigenvalue weighted by Gasteiger charge is -2.29. The van der Waals surface area contributed by atoms with Crippen molar-refractivity contribution < 1.29 is 14.2 Å². The Balaban J connectivity index is 1.93. The maximum Gasteiger partial charge on any atom is 0.234 e. The molecule has 2 aliphatic rings. The van der Waals surface area contributed by atoms with Crippen molar-refractivity contribution in [3.05, 3.63) is 0 Å². The molecule has 0 aromatic carbocycles. The molecule has 0 aliphatic carbocycles. The molecule has 2 fully saturated rings. The third-order valence-corrected chi connectivity index (χ3v) is 2.36. The predicted molar refractivity (Wildman–Crippen MR) is 45.9 cm³/mol. The molecule has 2 unspecified atom stereocenters. The number of nitrogens with two attached hydrogens (primary N) is 5. The van der Waals surface area contributed by atoms with Crippen molar-refractivity contribution in [2.24, 2.45) is 28.7 Å². The van der Waals surface area contributed by atoms with E-state index < -0.39 is 17.4 Å². The Kier molecular flexibility index (Phi) is 1.91. The van der Waals surface area contributed by atoms with Gasteiger partial charge in [0.05, 0.1) is 13.2 Å². The van der Waals surface area contributed by atoms with E-state index in [1.165, 1.54) is 0 Å². The van der Waals surface area contributed by atoms with E-state index in [4.69, 9.17) is 42.9 Å². The van der Waals surface area contributed by atoms with E-state index in [9.17, 15) is 0 Å². The number of hydrogen-bond donors (Lipinski definition) is 5. The second-order valence-electron chi connectivity index (χ2n) is 3.69. The standard InChI is InChI=1S/C6H15N5O3/c7-4(6(10,11)14-4)5(8,9)13-2-3-1-12-3/h3H,1-2,7-11H2. The molecular formula is C6H15N5O3. The largest absolute Gasteiger partial charge is 0.371 e. The van der Waals surface area contributed by atoms with Crippen LogP contribution in [0.25, 0.3) is 0 Å². The van der Waals surface area contributed by atoms with Crippen LogP contribution >= 0.6 is 0 Å². The molecule has 0 aromatic heterocycles. The maximum atomic E-state index is 5.62. The summed E-state index contributed by atoms with van der Waals surface area (Å²) < 4.78 is 14.9. The smallest absolute Gasteiger partial charge is 0.234 e. The zero-order chi connectivity index (χ0) is 10.6. The molecule has 2 atom stereocenters. The van der Waals surface area contributed by atoms with Gasteiger partial charge in [0, 0.05) is 0 Å². The van der Waals surface area contributed by atoms with Gasteiger partial charge in [-0.25, -0.2) is 0 Å². The van der Waals surface area contributed by atoms with Crippen molar-refractivity contribution in [3.8, 4) is 0 Å². The van der Waals surface area contributed by atoms with Gasteiger partial charge in [0.1, 0.15) is 6.10 Å². The number of epoxide rings is 2. The summed E-state index contributed by atoms with van der Waals surface area (Å²) in [5, 5.41) is 0. The fraction of sp³-hybridized carbons (Fsp3) is 1.00. The van der Waals surface area contributed by atoms with E-state index in [2.05, 4.69) is 0 Å². The molecule has 14 heavy (non-hydrogen) atoms. The highest BCUT2D eigenvalue weighted by Gasteiger charge is 2.74. The molecule has 2 rings (SSSR count). The Morgan fingerprint density at radius 2 is 1.86 bits per heavy atom. The Morgan fingerprint density at radius 3 is 2.21 bits per heavy atom. The summed E-state index contributed by atoms with van der Waals surface area (Å²) in [4.78, 5) is 0. The summed E-state index contributed by atoms with van der Waals surface area (Å²) in [6.45, 7) is 0.871. The number of hydrogen-bond acceptors (Lipinski definition) is 8. The highest BCUT2D eigenvalue weighted by Crippen LogP contribution is 2.40. The Bertz CT molecular complexity index is 254. The lowest BCUT2D eigenvalue weighted by molar-refractivity contribution is -0.0947. The summed E-state index contributed by atoms with van der Waals surface area (Å²) in [5.74, 6) is -3.26. The van der Waals surface area contributed by atoms with Gasteiger partial charge in [0.25, 0.3) is 0 Å². The van der Waals surface area contributed by atoms with Gasteiger partial charge in [0.15, 0.2) is 0 Å². The number of ether oxygens (including phenoxy) is 3. The lowest BCUT2D eigenvalue weighted by Crippen LogP contribution is -2.72. The van der Waals surface area contributed by atoms with Crippen LogP contribution in [-0.2, 0) is 14.2 Å². The third kappa shape index (κ3) is 1.42. The Labute approximate surface area is 80.6 Å². The second-order valence-corrected chi connectivity index (χ2v) is 3.69. The van der Waals surface area contributed by atoms with Gasteiger partial charge in [-0.15, -0.1) is 0 Å². The van der Waals surface area contributed by atoms with Gasteiger partial charge in [-0.2, -0.15) is 0 Å². The average molecular weight is 205 g/mol. The Morgan fingerprint density at radius 1 is 1.36 bits per heavy atom. The highest BCUT2D eigenvalue weighted by molar-refractivity contribution is 5.13. The van der Waals surface area contributed by atoms with E-state index in [0.717, 1.165) is 0 Å². The molecular weight excluding hydrogens is 190 g/mol. The van der Waals surface area contributed by atoms with Crippen molar-refractivity contribution in [2.75, 3.05) is 13.2 Å². The van der Waals surface area contributed by atoms with Gasteiger partial charge < -0.3 is 14.2 Å². The first-order chi connectivity index (χ1) is 6.29. The molecule has 0 radical (unpaired) electrons. The molecule has 2 heterocycles. The summed E-state index contributed by atoms with van der Waals surface area (Å²) in [6, 6.07) is 0. The molecule has 0 bridgehead atoms. The quantitative estimate of drug-likeness (QED) is 0.230. The molecule has 0 saturated carbocycles. The minimum absolute atomic E-state index is 0.0220. The fourth-order valence-corrected chi connectivity index (χ4v) is 1.13. The van der Waals surface area contributed by atoms with Gasteiger partial charge >= 0.3 is 0 Å². The van der Waals surface area contributed by atoms with Crippen molar-refractivity contribution in [1.82, 2.24) is 0 Å². The van der Waals surface area contributed by atoms with Gasteiger partial charge in [0.2, 0.25) is 17.4 Å². The lowest BCUT2D eigenvalue weighted by atomic mass is 10.1. The SMILES string of the molecule is NC(N)(OCC1CO1)C1(N)OC1(N)N. The molecule has 8 heteroatoms. The Hall–Kier alpha value is -0.320. The minimum atomic E-state index is -1.72. The third-order valence-electron chi connectivity index (χ3n) is 2.36. The molecule has 82 valence electrons. The predicted octanol–water partition coefficient (Wildman–Crippen LogP) is -3.77. The molecule has 2 aliphatic heterocycles. The van der Waals surface area contributed by atoms with Crippen LogP contribution in [0.5, 0.6) is 0 Å². The normalized spacial score (nSPS) is 39.6. The first-order valence-corrected chi connectivity index (χ1v) is 4.19. The van der Waals surface area contributed by atoms with E-state index in [1.54, 1.807) is 0 Å². The fourth-order valence-electron chi connectivity index (χ4n) is 1.13. The van der Waals surface area contributed by atoms with Crippen LogP contribution in [0.2, 0.25) is 0 Å². The maximum absolute atomic E-state index is 5.62. The molecule has 8 nitrogen and oxygen atoms in total. The molecule has 0 amide bonds. The summed E-state index contributed by atoms with van der Waals surface area (Å²) >= 11 is 0. The van der Waals surface area contributed by atoms with Crippen LogP contribution in [0.1, 0.15) is 0 Å². The molecule has 0 aromatic rings. The van der Waals surface area contributed by atoms with Crippen LogP contribution in [0, 0.1) is 0 Å². The van der Waals surface area contributed by atoms with Crippen LogP contribution in [-0.4, -0.2) is 36.7 Å². The van der Waals surface area contributed by atoms with Crippen LogP contribution in [0.4, 0.5) is 0 Å². The average Bonchev–Trinajstić information content (AvgIpc) is 2.88. The van der Waals surface area contributed by atoms with E-state index in [1.807, 2.05) is 0 Å². The minimum Gasteiger partial charge on any atom is -0.371 e. The van der Waals surface area contributed by atoms with E-state index in [-0.39, 0.29) is 12.7 Å². The van der Waals surface area contributed by atoms with Crippen molar-refractivity contribution in [2.45, 2.75) is 23.5 Å². The van der Waals surface area contributed by atoms with Crippen molar-refractivity contribution in [3.63, 3.8) is 0 Å². The highest BCUT2D eigenvalue weighted by atomic mass is 16.7. The van der Waals surface area contributed by atoms with Crippen LogP contribution in [0.3, 0.4) is 0 Å². The monoisotopic (exact) mass is 205 g/mol. The van der Waals surface area contributed by atoms with Gasteiger partial charge in [-0.1, -0.05) is 0 Å². The van der Waals surface area contributed by atoms with Crippen LogP contribution < -0.4 is 28.7 Å². The first-order valence-electron chi connectivity index (χ1n) is 4.19. The first kappa shape index (κ1) is 10.2. The number of rotatable bonds is 4. The summed E-state index contributed by atoms with van der Waals surface area (Å²) in [7, 11) is 0. The van der Waals surface area contributed by atoms with Crippen LogP contribution in [0.15, 0.2) is 0 Å². The van der Waals surface area contributed by atoms with Crippen molar-refractivity contribution >= 4 is 0 Å². The summed E-state index contributed by atoms with van der Waals surface area (Å²) in [6.07, 6.45) is 0.0220. The molecule has 10 N–H and O–H groups in total. The zero-order valence-electron chi connectivity index (χ0n) is 7.60. The zero-order valence-corrected chi connectivity index (χ0v) is 7.60. The van der Waals surface area contributed by atoms with Gasteiger partial charge in [-0.3, -0.25) is 28.7 Å². The molecule has 2 saturated heterocycles. The topological polar surface area (TPSA) is 164 Å². The van der Waals surface area contributed by atoms with E-state index in [0.29, 0.717) is 6.61 Å². The second kappa shape index (κ2) is 2.62. The van der Waals surface area contributed by atoms with Crippen molar-refractivity contribution in [1.29, 1.82) is 0 Å². The van der Waals surface area contributed by atoms with Gasteiger partial charge in [-0.05, 0) is 0 Å². The van der Waals surface area contributed by atoms with E-state index >= 15 is 0 Å². The molecule has 0 spiro atoms.